The number of amides is 1. The van der Waals surface area contributed by atoms with Gasteiger partial charge in [-0.25, -0.2) is 13.2 Å². The Hall–Kier alpha value is 0.711. The molecule has 134 valence electrons. The monoisotopic (exact) mass is 395 g/mol. The van der Waals surface area contributed by atoms with Crippen molar-refractivity contribution in [2.24, 2.45) is 5.41 Å². The van der Waals surface area contributed by atoms with E-state index in [1.165, 1.54) is 0 Å². The van der Waals surface area contributed by atoms with Crippen molar-refractivity contribution in [1.82, 2.24) is 4.90 Å². The molecule has 1 spiro atoms. The van der Waals surface area contributed by atoms with Gasteiger partial charge in [-0.05, 0) is 44.8 Å². The standard InChI is InChI=1S/C13H22BF3NO4S.K/c1-12(2,3)22-11(19)18-8-10(14(15,16)17)13(9-18)4-6-23(20,21)7-5-13;/h10H,4-9H2,1-3H3;/q-1;+1. The van der Waals surface area contributed by atoms with Gasteiger partial charge in [-0.1, -0.05) is 0 Å². The van der Waals surface area contributed by atoms with Crippen LogP contribution in [0.15, 0.2) is 0 Å². The predicted molar refractivity (Wildman–Crippen MR) is 81.0 cm³/mol. The molecule has 0 N–H and O–H groups in total. The Morgan fingerprint density at radius 3 is 2.12 bits per heavy atom. The number of halogens is 3. The van der Waals surface area contributed by atoms with Crippen molar-refractivity contribution in [3.05, 3.63) is 0 Å². The van der Waals surface area contributed by atoms with Gasteiger partial charge >= 0.3 is 64.5 Å². The van der Waals surface area contributed by atoms with Crippen LogP contribution in [0.25, 0.3) is 0 Å². The first-order valence-electron chi connectivity index (χ1n) is 7.62. The van der Waals surface area contributed by atoms with Crippen LogP contribution in [-0.2, 0) is 14.6 Å². The summed E-state index contributed by atoms with van der Waals surface area (Å²) in [6.07, 6.45) is -0.881. The van der Waals surface area contributed by atoms with Crippen LogP contribution in [0.2, 0.25) is 5.82 Å². The molecule has 1 amide bonds. The third kappa shape index (κ3) is 5.36. The van der Waals surface area contributed by atoms with Crippen LogP contribution in [0.1, 0.15) is 33.6 Å². The van der Waals surface area contributed by atoms with E-state index in [1.54, 1.807) is 20.8 Å². The number of likely N-dealkylation sites (tertiary alicyclic amines) is 1. The predicted octanol–water partition coefficient (Wildman–Crippen LogP) is -0.346. The smallest absolute Gasteiger partial charge is 0.449 e. The van der Waals surface area contributed by atoms with Crippen LogP contribution >= 0.6 is 0 Å². The third-order valence-corrected chi connectivity index (χ3v) is 6.29. The van der Waals surface area contributed by atoms with Gasteiger partial charge in [-0.3, -0.25) is 0 Å². The van der Waals surface area contributed by atoms with Crippen LogP contribution < -0.4 is 51.4 Å². The van der Waals surface area contributed by atoms with E-state index < -0.39 is 46.3 Å². The van der Waals surface area contributed by atoms with Crippen molar-refractivity contribution in [3.63, 3.8) is 0 Å². The first kappa shape index (κ1) is 22.8. The summed E-state index contributed by atoms with van der Waals surface area (Å²) in [6.45, 7) is -0.766. The number of ether oxygens (including phenoxy) is 1. The molecule has 0 aliphatic carbocycles. The summed E-state index contributed by atoms with van der Waals surface area (Å²) >= 11 is 0. The molecule has 2 aliphatic heterocycles. The molecule has 0 saturated carbocycles. The molecule has 2 fully saturated rings. The summed E-state index contributed by atoms with van der Waals surface area (Å²) in [5.41, 5.74) is -1.98. The van der Waals surface area contributed by atoms with E-state index in [-0.39, 0.29) is 82.3 Å². The SMILES string of the molecule is CC(C)(C)OC(=O)N1CC([B-](F)(F)F)C2(CCS(=O)(=O)CC2)C1.[K+]. The Bertz CT molecular complexity index is 577. The quantitative estimate of drug-likeness (QED) is 0.570. The summed E-state index contributed by atoms with van der Waals surface area (Å²) in [5.74, 6) is -2.15. The maximum absolute atomic E-state index is 13.5. The molecule has 11 heteroatoms. The van der Waals surface area contributed by atoms with Crippen LogP contribution in [0.5, 0.6) is 0 Å². The Morgan fingerprint density at radius 1 is 1.21 bits per heavy atom. The van der Waals surface area contributed by atoms with Gasteiger partial charge in [-0.15, -0.1) is 0 Å². The summed E-state index contributed by atoms with van der Waals surface area (Å²) in [6, 6.07) is 0. The summed E-state index contributed by atoms with van der Waals surface area (Å²) in [4.78, 5) is 13.2. The Labute approximate surface area is 183 Å². The molecule has 2 saturated heterocycles. The topological polar surface area (TPSA) is 63.7 Å². The number of sulfone groups is 1. The van der Waals surface area contributed by atoms with Crippen molar-refractivity contribution in [1.29, 1.82) is 0 Å². The number of nitrogens with zero attached hydrogens (tertiary/aromatic N) is 1. The molecule has 24 heavy (non-hydrogen) atoms. The summed E-state index contributed by atoms with van der Waals surface area (Å²) < 4.78 is 68.8. The molecule has 1 unspecified atom stereocenters. The van der Waals surface area contributed by atoms with Gasteiger partial charge in [-0.2, -0.15) is 0 Å². The second-order valence-corrected chi connectivity index (χ2v) is 9.91. The molecule has 2 aliphatic rings. The average Bonchev–Trinajstić information content (AvgIpc) is 2.71. The molecular formula is C13H22BF3KNO4S. The number of carbonyl (C=O) groups excluding carboxylic acids is 1. The zero-order valence-corrected chi connectivity index (χ0v) is 18.5. The second kappa shape index (κ2) is 7.38. The third-order valence-electron chi connectivity index (χ3n) is 4.64. The number of hydrogen-bond acceptors (Lipinski definition) is 4. The Morgan fingerprint density at radius 2 is 1.71 bits per heavy atom. The van der Waals surface area contributed by atoms with Gasteiger partial charge in [0.05, 0.1) is 11.5 Å². The minimum atomic E-state index is -5.17. The Kier molecular flexibility index (Phi) is 7.00. The minimum Gasteiger partial charge on any atom is -0.449 e. The zero-order chi connectivity index (χ0) is 17.7. The van der Waals surface area contributed by atoms with Gasteiger partial charge in [0.15, 0.2) is 0 Å². The second-order valence-electron chi connectivity index (χ2n) is 7.61. The molecule has 0 aromatic rings. The van der Waals surface area contributed by atoms with Gasteiger partial charge in [0.1, 0.15) is 15.4 Å². The van der Waals surface area contributed by atoms with Crippen molar-refractivity contribution in [2.45, 2.75) is 45.0 Å². The molecule has 0 aromatic carbocycles. The largest absolute Gasteiger partial charge is 1.00 e. The number of hydrogen-bond donors (Lipinski definition) is 0. The molecule has 2 heterocycles. The summed E-state index contributed by atoms with van der Waals surface area (Å²) in [7, 11) is -3.28. The first-order valence-corrected chi connectivity index (χ1v) is 9.45. The maximum Gasteiger partial charge on any atom is 1.00 e. The fraction of sp³-hybridized carbons (Fsp3) is 0.923. The van der Waals surface area contributed by atoms with E-state index in [9.17, 15) is 26.2 Å². The molecular weight excluding hydrogens is 373 g/mol. The van der Waals surface area contributed by atoms with E-state index in [2.05, 4.69) is 0 Å². The van der Waals surface area contributed by atoms with Crippen molar-refractivity contribution < 1.29 is 82.3 Å². The molecule has 2 rings (SSSR count). The molecule has 0 radical (unpaired) electrons. The van der Waals surface area contributed by atoms with E-state index >= 15 is 0 Å². The molecule has 5 nitrogen and oxygen atoms in total. The Balaban J connectivity index is 0.00000288. The van der Waals surface area contributed by atoms with Gasteiger partial charge in [0, 0.05) is 13.1 Å². The average molecular weight is 395 g/mol. The first-order chi connectivity index (χ1) is 10.2. The van der Waals surface area contributed by atoms with E-state index in [4.69, 9.17) is 4.74 Å². The van der Waals surface area contributed by atoms with Crippen LogP contribution in [0.3, 0.4) is 0 Å². The van der Waals surface area contributed by atoms with Crippen molar-refractivity contribution >= 4 is 22.9 Å². The summed E-state index contributed by atoms with van der Waals surface area (Å²) in [5, 5.41) is 0. The van der Waals surface area contributed by atoms with Crippen LogP contribution in [0.4, 0.5) is 17.7 Å². The van der Waals surface area contributed by atoms with Crippen LogP contribution in [-0.4, -0.2) is 56.6 Å². The zero-order valence-electron chi connectivity index (χ0n) is 14.5. The fourth-order valence-electron chi connectivity index (χ4n) is 3.45. The van der Waals surface area contributed by atoms with Crippen molar-refractivity contribution in [3.8, 4) is 0 Å². The fourth-order valence-corrected chi connectivity index (χ4v) is 5.09. The minimum absolute atomic E-state index is 0. The number of rotatable bonds is 1. The van der Waals surface area contributed by atoms with Crippen LogP contribution in [0, 0.1) is 5.41 Å². The molecule has 0 aromatic heterocycles. The molecule has 1 atom stereocenters. The molecule has 0 bridgehead atoms. The van der Waals surface area contributed by atoms with Crippen molar-refractivity contribution in [2.75, 3.05) is 24.6 Å². The number of carbonyl (C=O) groups is 1. The van der Waals surface area contributed by atoms with E-state index in [0.29, 0.717) is 0 Å². The van der Waals surface area contributed by atoms with E-state index in [0.717, 1.165) is 4.90 Å². The van der Waals surface area contributed by atoms with Gasteiger partial charge < -0.3 is 22.6 Å². The van der Waals surface area contributed by atoms with Gasteiger partial charge in [0.2, 0.25) is 0 Å². The van der Waals surface area contributed by atoms with E-state index in [1.807, 2.05) is 0 Å². The maximum atomic E-state index is 13.5. The van der Waals surface area contributed by atoms with Gasteiger partial charge in [0.25, 0.3) is 0 Å². The normalized spacial score (nSPS) is 26.1.